The maximum atomic E-state index is 6.25. The summed E-state index contributed by atoms with van der Waals surface area (Å²) >= 11 is 0. The highest BCUT2D eigenvalue weighted by atomic mass is 16.5. The number of aryl methyl sites for hydroxylation is 1. The highest BCUT2D eigenvalue weighted by Gasteiger charge is 2.34. The number of hydrogen-bond acceptors (Lipinski definition) is 1. The molecule has 1 heteroatoms. The number of methoxy groups -OCH3 is 1. The predicted molar refractivity (Wildman–Crippen MR) is 305 cm³/mol. The van der Waals surface area contributed by atoms with Crippen molar-refractivity contribution in [3.63, 3.8) is 0 Å². The third kappa shape index (κ3) is 4.59. The molecule has 0 unspecified atom stereocenters. The van der Waals surface area contributed by atoms with Gasteiger partial charge < -0.3 is 4.74 Å². The number of ether oxygens (including phenoxy) is 1. The van der Waals surface area contributed by atoms with E-state index in [-0.39, 0.29) is 0 Å². The van der Waals surface area contributed by atoms with E-state index in [9.17, 15) is 0 Å². The second kappa shape index (κ2) is 13.4. The first-order valence-electron chi connectivity index (χ1n) is 24.9. The maximum absolute atomic E-state index is 6.25. The van der Waals surface area contributed by atoms with Crippen molar-refractivity contribution in [1.82, 2.24) is 0 Å². The van der Waals surface area contributed by atoms with Crippen molar-refractivity contribution in [2.45, 2.75) is 6.92 Å². The molecule has 71 heavy (non-hydrogen) atoms. The molecule has 16 aromatic carbocycles. The largest absolute Gasteiger partial charge is 0.496 e. The molecule has 0 bridgehead atoms. The first kappa shape index (κ1) is 37.9. The Morgan fingerprint density at radius 3 is 1.39 bits per heavy atom. The summed E-state index contributed by atoms with van der Waals surface area (Å²) in [6, 6.07) is 78.1. The standard InChI is InChI=1S/C70H40O/c1-37-15-6-9-20-41(37)59-55-35-39-18-7-8-19-40(39)36-56(55)63(49-23-12-13-26-57(49)71-2)69-53-33-29-47-45-27-31-51-64-54(34-30-48(60(45)64)46-28-32-52(68(59)69)65(53)61(46)47)70-66-44-22-11-10-21-42(44)43-24-14-25-50(62(43)66)58(67(51)70)38-16-4-3-5-17-38/h3-36H,1-2H3. The zero-order valence-corrected chi connectivity index (χ0v) is 39.0. The van der Waals surface area contributed by atoms with Crippen LogP contribution in [-0.2, 0) is 0 Å². The van der Waals surface area contributed by atoms with Gasteiger partial charge >= 0.3 is 0 Å². The number of hydrogen-bond donors (Lipinski definition) is 0. The van der Waals surface area contributed by atoms with Crippen LogP contribution in [0.2, 0.25) is 0 Å². The Morgan fingerprint density at radius 2 is 0.704 bits per heavy atom. The van der Waals surface area contributed by atoms with Gasteiger partial charge in [0, 0.05) is 11.1 Å². The normalized spacial score (nSPS) is 12.6. The molecule has 16 aromatic rings. The van der Waals surface area contributed by atoms with Crippen LogP contribution < -0.4 is 4.74 Å². The molecular weight excluding hydrogens is 857 g/mol. The monoisotopic (exact) mass is 896 g/mol. The van der Waals surface area contributed by atoms with Crippen LogP contribution in [0.4, 0.5) is 0 Å². The van der Waals surface area contributed by atoms with E-state index in [0.29, 0.717) is 0 Å². The van der Waals surface area contributed by atoms with Gasteiger partial charge in [-0.05, 0) is 194 Å². The first-order chi connectivity index (χ1) is 35.2. The van der Waals surface area contributed by atoms with Crippen LogP contribution in [0, 0.1) is 6.92 Å². The Bertz CT molecular complexity index is 5000. The molecule has 1 aliphatic rings. The fourth-order valence-corrected chi connectivity index (χ4v) is 14.1. The van der Waals surface area contributed by atoms with Gasteiger partial charge in [0.05, 0.1) is 7.11 Å². The smallest absolute Gasteiger partial charge is 0.126 e. The zero-order chi connectivity index (χ0) is 46.4. The summed E-state index contributed by atoms with van der Waals surface area (Å²) in [6.45, 7) is 2.27. The minimum Gasteiger partial charge on any atom is -0.496 e. The SMILES string of the molecule is COc1ccccc1-c1c2c(c(-c3ccccc3C)c3cc4ccccc4cc13)-c1ccc3c4ccc5c6c(ccc(c7ccc-2c1c73)c46)c1c(-c2ccccc2)c2cccc3c4ccccc4c(c23)c51. The van der Waals surface area contributed by atoms with Crippen LogP contribution in [0.1, 0.15) is 5.56 Å². The van der Waals surface area contributed by atoms with Crippen molar-refractivity contribution >= 4 is 118 Å². The highest BCUT2D eigenvalue weighted by Crippen LogP contribution is 2.62. The molecule has 0 fully saturated rings. The summed E-state index contributed by atoms with van der Waals surface area (Å²) in [5, 5.41) is 29.0. The lowest BCUT2D eigenvalue weighted by atomic mass is 9.81. The highest BCUT2D eigenvalue weighted by molar-refractivity contribution is 6.51. The van der Waals surface area contributed by atoms with Crippen LogP contribution in [0.5, 0.6) is 5.75 Å². The maximum Gasteiger partial charge on any atom is 0.126 e. The molecule has 326 valence electrons. The second-order valence-electron chi connectivity index (χ2n) is 20.0. The van der Waals surface area contributed by atoms with Crippen LogP contribution >= 0.6 is 0 Å². The van der Waals surface area contributed by atoms with Crippen LogP contribution in [0.15, 0.2) is 206 Å². The van der Waals surface area contributed by atoms with Gasteiger partial charge in [-0.3, -0.25) is 0 Å². The van der Waals surface area contributed by atoms with E-state index >= 15 is 0 Å². The van der Waals surface area contributed by atoms with Gasteiger partial charge in [-0.1, -0.05) is 188 Å². The van der Waals surface area contributed by atoms with Crippen LogP contribution in [0.25, 0.3) is 174 Å². The summed E-state index contributed by atoms with van der Waals surface area (Å²) < 4.78 is 6.25. The average molecular weight is 897 g/mol. The van der Waals surface area contributed by atoms with Crippen molar-refractivity contribution < 1.29 is 4.74 Å². The van der Waals surface area contributed by atoms with Gasteiger partial charge in [0.1, 0.15) is 5.75 Å². The molecule has 0 saturated carbocycles. The van der Waals surface area contributed by atoms with Gasteiger partial charge in [-0.25, -0.2) is 0 Å². The Morgan fingerprint density at radius 1 is 0.254 bits per heavy atom. The molecule has 0 aliphatic heterocycles. The lowest BCUT2D eigenvalue weighted by Gasteiger charge is -2.22. The van der Waals surface area contributed by atoms with Crippen LogP contribution in [0.3, 0.4) is 0 Å². The molecule has 0 spiro atoms. The molecule has 0 amide bonds. The third-order valence-electron chi connectivity index (χ3n) is 16.8. The average Bonchev–Trinajstić information content (AvgIpc) is 4.07. The summed E-state index contributed by atoms with van der Waals surface area (Å²) in [4.78, 5) is 0. The summed E-state index contributed by atoms with van der Waals surface area (Å²) in [6.07, 6.45) is 0. The number of benzene rings is 14. The minimum atomic E-state index is 0.874. The Labute approximate surface area is 408 Å². The van der Waals surface area contributed by atoms with E-state index in [1.807, 2.05) is 0 Å². The topological polar surface area (TPSA) is 9.23 Å². The first-order valence-corrected chi connectivity index (χ1v) is 24.9. The predicted octanol–water partition coefficient (Wildman–Crippen LogP) is 19.7. The van der Waals surface area contributed by atoms with Crippen molar-refractivity contribution in [3.8, 4) is 61.4 Å². The molecule has 0 N–H and O–H groups in total. The van der Waals surface area contributed by atoms with Gasteiger partial charge in [-0.2, -0.15) is 0 Å². The Balaban J connectivity index is 1.05. The van der Waals surface area contributed by atoms with E-state index in [4.69, 9.17) is 4.74 Å². The van der Waals surface area contributed by atoms with Crippen molar-refractivity contribution in [2.75, 3.05) is 7.11 Å². The number of rotatable bonds is 4. The van der Waals surface area contributed by atoms with Gasteiger partial charge in [0.2, 0.25) is 0 Å². The Hall–Kier alpha value is -9.04. The van der Waals surface area contributed by atoms with Crippen molar-refractivity contribution in [2.24, 2.45) is 0 Å². The molecule has 17 rings (SSSR count). The lowest BCUT2D eigenvalue weighted by Crippen LogP contribution is -1.96. The second-order valence-corrected chi connectivity index (χ2v) is 20.0. The van der Waals surface area contributed by atoms with Gasteiger partial charge in [0.25, 0.3) is 0 Å². The molecular formula is C70H40O. The van der Waals surface area contributed by atoms with E-state index in [1.165, 1.54) is 174 Å². The molecule has 0 saturated heterocycles. The summed E-state index contributed by atoms with van der Waals surface area (Å²) in [7, 11) is 1.80. The lowest BCUT2D eigenvalue weighted by molar-refractivity contribution is 0.416. The summed E-state index contributed by atoms with van der Waals surface area (Å²) in [5.41, 5.74) is 13.9. The quantitative estimate of drug-likeness (QED) is 0.126. The Kier molecular flexibility index (Phi) is 7.14. The minimum absolute atomic E-state index is 0.874. The molecule has 0 heterocycles. The zero-order valence-electron chi connectivity index (χ0n) is 39.0. The fraction of sp³-hybridized carbons (Fsp3) is 0.0286. The molecule has 0 aromatic heterocycles. The van der Waals surface area contributed by atoms with Crippen LogP contribution in [-0.4, -0.2) is 7.11 Å². The summed E-state index contributed by atoms with van der Waals surface area (Å²) in [5.74, 6) is 0.874. The number of para-hydroxylation sites is 1. The van der Waals surface area contributed by atoms with Crippen molar-refractivity contribution in [3.05, 3.63) is 212 Å². The van der Waals surface area contributed by atoms with E-state index < -0.39 is 0 Å². The van der Waals surface area contributed by atoms with Crippen molar-refractivity contribution in [1.29, 1.82) is 0 Å². The van der Waals surface area contributed by atoms with Gasteiger partial charge in [0.15, 0.2) is 0 Å². The molecule has 0 radical (unpaired) electrons. The number of fused-ring (bicyclic) bond motifs is 14. The molecule has 1 nitrogen and oxygen atoms in total. The molecule has 0 atom stereocenters. The van der Waals surface area contributed by atoms with E-state index in [2.05, 4.69) is 213 Å². The van der Waals surface area contributed by atoms with E-state index in [1.54, 1.807) is 7.11 Å². The third-order valence-corrected chi connectivity index (χ3v) is 16.8. The van der Waals surface area contributed by atoms with E-state index in [0.717, 1.165) is 11.3 Å². The fourth-order valence-electron chi connectivity index (χ4n) is 14.1. The molecule has 1 aliphatic carbocycles. The van der Waals surface area contributed by atoms with Gasteiger partial charge in [-0.15, -0.1) is 0 Å².